The van der Waals surface area contributed by atoms with Gasteiger partial charge in [-0.1, -0.05) is 37.2 Å². The average molecular weight is 396 g/mol. The van der Waals surface area contributed by atoms with Crippen molar-refractivity contribution in [2.75, 3.05) is 12.3 Å². The minimum Gasteiger partial charge on any atom is -0.355 e. The van der Waals surface area contributed by atoms with Crippen LogP contribution in [-0.2, 0) is 4.79 Å². The summed E-state index contributed by atoms with van der Waals surface area (Å²) in [5.41, 5.74) is 4.16. The van der Waals surface area contributed by atoms with Crippen LogP contribution in [0.15, 0.2) is 47.9 Å². The molecule has 6 nitrogen and oxygen atoms in total. The molecule has 0 radical (unpaired) electrons. The van der Waals surface area contributed by atoms with Crippen molar-refractivity contribution in [1.29, 1.82) is 0 Å². The lowest BCUT2D eigenvalue weighted by molar-refractivity contribution is -0.118. The molecule has 3 rings (SSSR count). The molecule has 0 aliphatic heterocycles. The number of amides is 1. The zero-order chi connectivity index (χ0) is 19.9. The highest BCUT2D eigenvalue weighted by molar-refractivity contribution is 7.99. The molecule has 0 fully saturated rings. The third kappa shape index (κ3) is 4.78. The largest absolute Gasteiger partial charge is 0.355 e. The Labute approximate surface area is 169 Å². The van der Waals surface area contributed by atoms with Crippen molar-refractivity contribution >= 4 is 17.7 Å². The van der Waals surface area contributed by atoms with E-state index >= 15 is 0 Å². The molecule has 2 aromatic heterocycles. The fourth-order valence-electron chi connectivity index (χ4n) is 2.81. The summed E-state index contributed by atoms with van der Waals surface area (Å²) in [5, 5.41) is 12.4. The number of nitrogens with one attached hydrogen (secondary N) is 1. The van der Waals surface area contributed by atoms with Crippen LogP contribution in [-0.4, -0.2) is 38.0 Å². The Kier molecular flexibility index (Phi) is 6.81. The first-order valence-electron chi connectivity index (χ1n) is 9.43. The molecular formula is C21H25N5OS. The second-order valence-corrected chi connectivity index (χ2v) is 7.61. The van der Waals surface area contributed by atoms with E-state index in [1.54, 1.807) is 12.4 Å². The van der Waals surface area contributed by atoms with Crippen LogP contribution in [0.1, 0.15) is 30.9 Å². The zero-order valence-corrected chi connectivity index (χ0v) is 17.3. The fourth-order valence-corrected chi connectivity index (χ4v) is 3.58. The van der Waals surface area contributed by atoms with E-state index in [4.69, 9.17) is 0 Å². The number of unbranched alkanes of at least 4 members (excludes halogenated alkanes) is 1. The molecule has 0 bridgehead atoms. The van der Waals surface area contributed by atoms with Crippen molar-refractivity contribution in [3.63, 3.8) is 0 Å². The van der Waals surface area contributed by atoms with Crippen LogP contribution in [0.3, 0.4) is 0 Å². The van der Waals surface area contributed by atoms with Crippen LogP contribution in [0.2, 0.25) is 0 Å². The monoisotopic (exact) mass is 395 g/mol. The van der Waals surface area contributed by atoms with Crippen LogP contribution in [0, 0.1) is 13.8 Å². The molecule has 0 unspecified atom stereocenters. The molecule has 28 heavy (non-hydrogen) atoms. The number of aryl methyl sites for hydroxylation is 2. The first-order valence-corrected chi connectivity index (χ1v) is 10.4. The third-order valence-corrected chi connectivity index (χ3v) is 5.27. The Morgan fingerprint density at radius 1 is 1.21 bits per heavy atom. The average Bonchev–Trinajstić information content (AvgIpc) is 3.13. The van der Waals surface area contributed by atoms with Gasteiger partial charge in [0.2, 0.25) is 5.91 Å². The molecule has 0 spiro atoms. The maximum atomic E-state index is 12.1. The lowest BCUT2D eigenvalue weighted by Crippen LogP contribution is -2.26. The highest BCUT2D eigenvalue weighted by Crippen LogP contribution is 2.29. The van der Waals surface area contributed by atoms with E-state index in [2.05, 4.69) is 59.5 Å². The Morgan fingerprint density at radius 3 is 2.82 bits per heavy atom. The summed E-state index contributed by atoms with van der Waals surface area (Å²) in [5.74, 6) is 1.03. The highest BCUT2D eigenvalue weighted by atomic mass is 32.2. The molecule has 3 aromatic rings. The van der Waals surface area contributed by atoms with Gasteiger partial charge in [0.25, 0.3) is 0 Å². The third-order valence-electron chi connectivity index (χ3n) is 4.34. The molecular weight excluding hydrogens is 370 g/mol. The molecule has 0 aliphatic carbocycles. The number of carbonyl (C=O) groups is 1. The van der Waals surface area contributed by atoms with Gasteiger partial charge in [-0.3, -0.25) is 14.3 Å². The van der Waals surface area contributed by atoms with Crippen molar-refractivity contribution in [3.8, 4) is 17.1 Å². The summed E-state index contributed by atoms with van der Waals surface area (Å²) in [7, 11) is 0. The summed E-state index contributed by atoms with van der Waals surface area (Å²) in [6.07, 6.45) is 5.55. The van der Waals surface area contributed by atoms with Crippen LogP contribution in [0.25, 0.3) is 17.1 Å². The second-order valence-electron chi connectivity index (χ2n) is 6.67. The topological polar surface area (TPSA) is 72.7 Å². The Hall–Kier alpha value is -2.67. The molecule has 0 saturated heterocycles. The van der Waals surface area contributed by atoms with Gasteiger partial charge in [-0.05, 0) is 49.6 Å². The van der Waals surface area contributed by atoms with Crippen molar-refractivity contribution < 1.29 is 4.79 Å². The smallest absolute Gasteiger partial charge is 0.230 e. The normalized spacial score (nSPS) is 10.8. The molecule has 7 heteroatoms. The van der Waals surface area contributed by atoms with Crippen molar-refractivity contribution in [3.05, 3.63) is 53.9 Å². The van der Waals surface area contributed by atoms with E-state index in [9.17, 15) is 4.79 Å². The van der Waals surface area contributed by atoms with Gasteiger partial charge in [0, 0.05) is 24.5 Å². The number of hydrogen-bond donors (Lipinski definition) is 1. The standard InChI is InChI=1S/C21H25N5OS/c1-4-5-11-23-19(27)14-28-21-25-24-20(17-7-6-10-22-13-17)26(21)18-12-15(2)8-9-16(18)3/h6-10,12-13H,4-5,11,14H2,1-3H3,(H,23,27). The SMILES string of the molecule is CCCCNC(=O)CSc1nnc(-c2cccnc2)n1-c1cc(C)ccc1C. The fraction of sp³-hybridized carbons (Fsp3) is 0.333. The van der Waals surface area contributed by atoms with Crippen LogP contribution < -0.4 is 5.32 Å². The van der Waals surface area contributed by atoms with Gasteiger partial charge in [-0.2, -0.15) is 0 Å². The number of carbonyl (C=O) groups excluding carboxylic acids is 1. The Morgan fingerprint density at radius 2 is 2.07 bits per heavy atom. The van der Waals surface area contributed by atoms with Gasteiger partial charge in [-0.25, -0.2) is 0 Å². The Balaban J connectivity index is 1.94. The predicted octanol–water partition coefficient (Wildman–Crippen LogP) is 3.95. The molecule has 2 heterocycles. The molecule has 1 N–H and O–H groups in total. The Bertz CT molecular complexity index is 939. The highest BCUT2D eigenvalue weighted by Gasteiger charge is 2.18. The van der Waals surface area contributed by atoms with E-state index in [0.717, 1.165) is 41.0 Å². The summed E-state index contributed by atoms with van der Waals surface area (Å²) in [6.45, 7) is 6.94. The number of thioether (sulfide) groups is 1. The molecule has 0 atom stereocenters. The number of hydrogen-bond acceptors (Lipinski definition) is 5. The molecule has 0 aliphatic rings. The lowest BCUT2D eigenvalue weighted by atomic mass is 10.1. The maximum Gasteiger partial charge on any atom is 0.230 e. The molecule has 1 aromatic carbocycles. The zero-order valence-electron chi connectivity index (χ0n) is 16.5. The molecule has 0 saturated carbocycles. The van der Waals surface area contributed by atoms with Crippen molar-refractivity contribution in [2.45, 2.75) is 38.8 Å². The number of benzene rings is 1. The molecule has 1 amide bonds. The first-order chi connectivity index (χ1) is 13.6. The van der Waals surface area contributed by atoms with Crippen LogP contribution in [0.4, 0.5) is 0 Å². The maximum absolute atomic E-state index is 12.1. The number of pyridine rings is 1. The predicted molar refractivity (Wildman–Crippen MR) is 113 cm³/mol. The van der Waals surface area contributed by atoms with Crippen LogP contribution >= 0.6 is 11.8 Å². The quantitative estimate of drug-likeness (QED) is 0.462. The number of aromatic nitrogens is 4. The van der Waals surface area contributed by atoms with E-state index in [-0.39, 0.29) is 5.91 Å². The van der Waals surface area contributed by atoms with Crippen molar-refractivity contribution in [2.24, 2.45) is 0 Å². The van der Waals surface area contributed by atoms with E-state index < -0.39 is 0 Å². The number of rotatable bonds is 8. The van der Waals surface area contributed by atoms with Crippen LogP contribution in [0.5, 0.6) is 0 Å². The van der Waals surface area contributed by atoms with Gasteiger partial charge >= 0.3 is 0 Å². The summed E-state index contributed by atoms with van der Waals surface area (Å²) in [4.78, 5) is 16.3. The number of nitrogens with zero attached hydrogens (tertiary/aromatic N) is 4. The van der Waals surface area contributed by atoms with Gasteiger partial charge in [0.15, 0.2) is 11.0 Å². The second kappa shape index (κ2) is 9.50. The first kappa shape index (κ1) is 20.1. The lowest BCUT2D eigenvalue weighted by Gasteiger charge is -2.13. The summed E-state index contributed by atoms with van der Waals surface area (Å²) in [6, 6.07) is 10.1. The molecule has 146 valence electrons. The van der Waals surface area contributed by atoms with E-state index in [1.807, 2.05) is 16.7 Å². The van der Waals surface area contributed by atoms with E-state index in [0.29, 0.717) is 17.5 Å². The van der Waals surface area contributed by atoms with E-state index in [1.165, 1.54) is 11.8 Å². The minimum atomic E-state index is 0.0110. The van der Waals surface area contributed by atoms with Crippen molar-refractivity contribution in [1.82, 2.24) is 25.1 Å². The van der Waals surface area contributed by atoms with Gasteiger partial charge in [0.1, 0.15) is 0 Å². The summed E-state index contributed by atoms with van der Waals surface area (Å²) >= 11 is 1.39. The van der Waals surface area contributed by atoms with Gasteiger partial charge in [-0.15, -0.1) is 10.2 Å². The summed E-state index contributed by atoms with van der Waals surface area (Å²) < 4.78 is 2.02. The minimum absolute atomic E-state index is 0.0110. The van der Waals surface area contributed by atoms with Gasteiger partial charge in [0.05, 0.1) is 11.4 Å². The van der Waals surface area contributed by atoms with Gasteiger partial charge < -0.3 is 5.32 Å².